The van der Waals surface area contributed by atoms with Gasteiger partial charge in [-0.05, 0) is 19.3 Å². The molecule has 1 saturated heterocycles. The topological polar surface area (TPSA) is 15.3 Å². The average molecular weight is 208 g/mol. The summed E-state index contributed by atoms with van der Waals surface area (Å²) >= 11 is 0. The van der Waals surface area contributed by atoms with E-state index in [1.165, 1.54) is 45.2 Å². The number of hydrogen-bond acceptors (Lipinski definition) is 2. The highest BCUT2D eigenvalue weighted by Crippen LogP contribution is 2.25. The van der Waals surface area contributed by atoms with Crippen LogP contribution in [0.25, 0.3) is 0 Å². The van der Waals surface area contributed by atoms with Crippen molar-refractivity contribution in [2.45, 2.75) is 50.6 Å². The highest BCUT2D eigenvalue weighted by Gasteiger charge is 2.28. The molecule has 0 aromatic carbocycles. The molecule has 1 aliphatic heterocycles. The van der Waals surface area contributed by atoms with Gasteiger partial charge in [-0.15, -0.1) is 6.58 Å². The Morgan fingerprint density at radius 3 is 2.80 bits per heavy atom. The Morgan fingerprint density at radius 1 is 1.27 bits per heavy atom. The van der Waals surface area contributed by atoms with Gasteiger partial charge in [-0.2, -0.15) is 0 Å². The van der Waals surface area contributed by atoms with Gasteiger partial charge in [0.05, 0.1) is 0 Å². The molecule has 0 amide bonds. The zero-order chi connectivity index (χ0) is 10.5. The van der Waals surface area contributed by atoms with E-state index in [1.54, 1.807) is 0 Å². The fourth-order valence-corrected chi connectivity index (χ4v) is 3.08. The summed E-state index contributed by atoms with van der Waals surface area (Å²) in [6.07, 6.45) is 10.4. The van der Waals surface area contributed by atoms with E-state index in [0.717, 1.165) is 19.0 Å². The minimum absolute atomic E-state index is 0.708. The quantitative estimate of drug-likeness (QED) is 0.715. The normalized spacial score (nSPS) is 30.3. The molecule has 0 aromatic rings. The largest absolute Gasteiger partial charge is 0.314 e. The highest BCUT2D eigenvalue weighted by atomic mass is 15.2. The van der Waals surface area contributed by atoms with Gasteiger partial charge in [-0.25, -0.2) is 0 Å². The summed E-state index contributed by atoms with van der Waals surface area (Å²) in [6, 6.07) is 1.57. The molecule has 1 heterocycles. The molecule has 2 fully saturated rings. The van der Waals surface area contributed by atoms with E-state index in [1.807, 2.05) is 0 Å². The van der Waals surface area contributed by atoms with Crippen molar-refractivity contribution in [3.05, 3.63) is 12.7 Å². The smallest absolute Gasteiger partial charge is 0.0258 e. The summed E-state index contributed by atoms with van der Waals surface area (Å²) in [6.45, 7) is 7.45. The van der Waals surface area contributed by atoms with E-state index < -0.39 is 0 Å². The first-order valence-electron chi connectivity index (χ1n) is 6.49. The first-order valence-corrected chi connectivity index (χ1v) is 6.49. The number of piperazine rings is 1. The van der Waals surface area contributed by atoms with Crippen molar-refractivity contribution in [3.8, 4) is 0 Å². The van der Waals surface area contributed by atoms with Crippen LogP contribution in [0.5, 0.6) is 0 Å². The standard InChI is InChI=1S/C13H24N2/c1-2-6-13-11-14-9-10-15(13)12-7-4-3-5-8-12/h2,12-14H,1,3-11H2. The SMILES string of the molecule is C=CCC1CNCCN1C1CCCCC1. The molecule has 2 nitrogen and oxygen atoms in total. The van der Waals surface area contributed by atoms with Crippen LogP contribution in [0.3, 0.4) is 0 Å². The predicted octanol–water partition coefficient (Wildman–Crippen LogP) is 2.17. The first-order chi connectivity index (χ1) is 7.42. The van der Waals surface area contributed by atoms with E-state index in [-0.39, 0.29) is 0 Å². The molecule has 1 N–H and O–H groups in total. The number of rotatable bonds is 3. The minimum atomic E-state index is 0.708. The molecule has 0 bridgehead atoms. The molecule has 0 spiro atoms. The van der Waals surface area contributed by atoms with Crippen LogP contribution in [0.1, 0.15) is 38.5 Å². The van der Waals surface area contributed by atoms with Crippen molar-refractivity contribution in [3.63, 3.8) is 0 Å². The Labute approximate surface area is 93.7 Å². The van der Waals surface area contributed by atoms with Crippen molar-refractivity contribution in [1.82, 2.24) is 10.2 Å². The molecule has 0 aromatic heterocycles. The molecule has 0 radical (unpaired) electrons. The van der Waals surface area contributed by atoms with Gasteiger partial charge in [0.25, 0.3) is 0 Å². The molecule has 15 heavy (non-hydrogen) atoms. The highest BCUT2D eigenvalue weighted by molar-refractivity contribution is 4.90. The summed E-state index contributed by atoms with van der Waals surface area (Å²) in [5.74, 6) is 0. The maximum Gasteiger partial charge on any atom is 0.0258 e. The molecule has 1 aliphatic carbocycles. The van der Waals surface area contributed by atoms with Gasteiger partial charge in [0.1, 0.15) is 0 Å². The molecule has 1 atom stereocenters. The van der Waals surface area contributed by atoms with Crippen LogP contribution in [-0.2, 0) is 0 Å². The van der Waals surface area contributed by atoms with E-state index in [4.69, 9.17) is 0 Å². The lowest BCUT2D eigenvalue weighted by Gasteiger charge is -2.42. The lowest BCUT2D eigenvalue weighted by Crippen LogP contribution is -2.55. The fraction of sp³-hybridized carbons (Fsp3) is 0.846. The maximum atomic E-state index is 3.88. The summed E-state index contributed by atoms with van der Waals surface area (Å²) in [5, 5.41) is 3.50. The van der Waals surface area contributed by atoms with Crippen LogP contribution in [0.15, 0.2) is 12.7 Å². The summed E-state index contributed by atoms with van der Waals surface area (Å²) in [7, 11) is 0. The number of nitrogens with one attached hydrogen (secondary N) is 1. The van der Waals surface area contributed by atoms with Crippen LogP contribution >= 0.6 is 0 Å². The van der Waals surface area contributed by atoms with E-state index in [0.29, 0.717) is 6.04 Å². The summed E-state index contributed by atoms with van der Waals surface area (Å²) in [4.78, 5) is 2.75. The van der Waals surface area contributed by atoms with E-state index in [9.17, 15) is 0 Å². The Bertz CT molecular complexity index is 197. The van der Waals surface area contributed by atoms with Crippen LogP contribution in [0.2, 0.25) is 0 Å². The average Bonchev–Trinajstić information content (AvgIpc) is 2.31. The maximum absolute atomic E-state index is 3.88. The van der Waals surface area contributed by atoms with Gasteiger partial charge in [-0.3, -0.25) is 4.90 Å². The molecular formula is C13H24N2. The summed E-state index contributed by atoms with van der Waals surface area (Å²) in [5.41, 5.74) is 0. The summed E-state index contributed by atoms with van der Waals surface area (Å²) < 4.78 is 0. The van der Waals surface area contributed by atoms with Gasteiger partial charge in [0.2, 0.25) is 0 Å². The zero-order valence-corrected chi connectivity index (χ0v) is 9.75. The van der Waals surface area contributed by atoms with Crippen LogP contribution in [0, 0.1) is 0 Å². The molecule has 1 saturated carbocycles. The second-order valence-electron chi connectivity index (χ2n) is 4.91. The monoisotopic (exact) mass is 208 g/mol. The minimum Gasteiger partial charge on any atom is -0.314 e. The van der Waals surface area contributed by atoms with Crippen molar-refractivity contribution >= 4 is 0 Å². The molecular weight excluding hydrogens is 184 g/mol. The lowest BCUT2D eigenvalue weighted by atomic mass is 9.92. The van der Waals surface area contributed by atoms with Crippen molar-refractivity contribution in [1.29, 1.82) is 0 Å². The third-order valence-corrected chi connectivity index (χ3v) is 3.88. The van der Waals surface area contributed by atoms with Crippen molar-refractivity contribution in [2.75, 3.05) is 19.6 Å². The lowest BCUT2D eigenvalue weighted by molar-refractivity contribution is 0.0835. The van der Waals surface area contributed by atoms with Crippen molar-refractivity contribution < 1.29 is 0 Å². The third kappa shape index (κ3) is 2.82. The zero-order valence-electron chi connectivity index (χ0n) is 9.75. The molecule has 2 aliphatic rings. The van der Waals surface area contributed by atoms with Gasteiger partial charge in [0.15, 0.2) is 0 Å². The van der Waals surface area contributed by atoms with Gasteiger partial charge in [-0.1, -0.05) is 25.3 Å². The fourth-order valence-electron chi connectivity index (χ4n) is 3.08. The van der Waals surface area contributed by atoms with Gasteiger partial charge >= 0.3 is 0 Å². The number of nitrogens with zero attached hydrogens (tertiary/aromatic N) is 1. The molecule has 2 heteroatoms. The molecule has 1 unspecified atom stereocenters. The van der Waals surface area contributed by atoms with E-state index >= 15 is 0 Å². The molecule has 86 valence electrons. The second kappa shape index (κ2) is 5.66. The van der Waals surface area contributed by atoms with Crippen molar-refractivity contribution in [2.24, 2.45) is 0 Å². The van der Waals surface area contributed by atoms with Crippen LogP contribution in [-0.4, -0.2) is 36.6 Å². The van der Waals surface area contributed by atoms with E-state index in [2.05, 4.69) is 22.9 Å². The second-order valence-corrected chi connectivity index (χ2v) is 4.91. The predicted molar refractivity (Wildman–Crippen MR) is 65.1 cm³/mol. The van der Waals surface area contributed by atoms with Gasteiger partial charge < -0.3 is 5.32 Å². The van der Waals surface area contributed by atoms with Gasteiger partial charge in [0, 0.05) is 31.7 Å². The van der Waals surface area contributed by atoms with Crippen LogP contribution in [0.4, 0.5) is 0 Å². The number of hydrogen-bond donors (Lipinski definition) is 1. The van der Waals surface area contributed by atoms with Crippen LogP contribution < -0.4 is 5.32 Å². The third-order valence-electron chi connectivity index (χ3n) is 3.88. The Hall–Kier alpha value is -0.340. The Kier molecular flexibility index (Phi) is 4.21. The first kappa shape index (κ1) is 11.2. The Balaban J connectivity index is 1.93. The Morgan fingerprint density at radius 2 is 2.07 bits per heavy atom. The molecule has 2 rings (SSSR count).